The van der Waals surface area contributed by atoms with Gasteiger partial charge in [0.25, 0.3) is 4.84 Å². The Labute approximate surface area is 100 Å². The Hall–Kier alpha value is -1.13. The lowest BCUT2D eigenvalue weighted by Gasteiger charge is -2.15. The molecule has 0 saturated heterocycles. The molecule has 0 aliphatic heterocycles. The van der Waals surface area contributed by atoms with E-state index in [4.69, 9.17) is 16.6 Å². The van der Waals surface area contributed by atoms with Gasteiger partial charge in [0.2, 0.25) is 0 Å². The Balaban J connectivity index is 2.43. The van der Waals surface area contributed by atoms with Crippen LogP contribution in [0.4, 0.5) is 0 Å². The quantitative estimate of drug-likeness (QED) is 0.820. The molecule has 0 unspecified atom stereocenters. The van der Waals surface area contributed by atoms with Gasteiger partial charge in [0.15, 0.2) is 12.3 Å². The van der Waals surface area contributed by atoms with Gasteiger partial charge in [-0.1, -0.05) is 12.1 Å². The summed E-state index contributed by atoms with van der Waals surface area (Å²) in [5.41, 5.74) is 1.96. The second kappa shape index (κ2) is 4.80. The highest BCUT2D eigenvalue weighted by atomic mass is 32.1. The molecule has 0 spiro atoms. The average molecular weight is 237 g/mol. The van der Waals surface area contributed by atoms with Crippen LogP contribution in [0.1, 0.15) is 13.8 Å². The summed E-state index contributed by atoms with van der Waals surface area (Å²) in [5, 5.41) is 0. The maximum Gasteiger partial charge on any atom is 0.274 e. The molecule has 1 aromatic carbocycles. The minimum absolute atomic E-state index is 0.570. The van der Waals surface area contributed by atoms with E-state index in [0.717, 1.165) is 30.9 Å². The van der Waals surface area contributed by atoms with Crippen LogP contribution in [-0.2, 0) is 6.67 Å². The van der Waals surface area contributed by atoms with Gasteiger partial charge < -0.3 is 9.32 Å². The van der Waals surface area contributed by atoms with Gasteiger partial charge in [-0.25, -0.2) is 0 Å². The lowest BCUT2D eigenvalue weighted by atomic mass is 10.3. The number of rotatable bonds is 4. The van der Waals surface area contributed by atoms with Gasteiger partial charge in [-0.3, -0.25) is 4.57 Å². The fraction of sp³-hybridized carbons (Fsp3) is 0.417. The van der Waals surface area contributed by atoms with Gasteiger partial charge in [-0.15, -0.1) is 0 Å². The molecule has 0 atom stereocenters. The summed E-state index contributed by atoms with van der Waals surface area (Å²) in [4.78, 5) is 2.06. The highest BCUT2D eigenvalue weighted by molar-refractivity contribution is 7.71. The van der Waals surface area contributed by atoms with Crippen LogP contribution < -0.4 is 4.90 Å². The maximum atomic E-state index is 5.55. The Kier molecular flexibility index (Phi) is 3.41. The summed E-state index contributed by atoms with van der Waals surface area (Å²) in [6.07, 6.45) is 0. The summed E-state index contributed by atoms with van der Waals surface area (Å²) in [6.45, 7) is 7.44. The third-order valence-electron chi connectivity index (χ3n) is 2.96. The first kappa shape index (κ1) is 11.4. The number of nitrogens with zero attached hydrogens (tertiary/aromatic N) is 1. The number of hydrogen-bond donors (Lipinski definition) is 1. The van der Waals surface area contributed by atoms with Crippen molar-refractivity contribution in [3.05, 3.63) is 29.1 Å². The molecule has 0 amide bonds. The molecule has 1 N–H and O–H groups in total. The van der Waals surface area contributed by atoms with E-state index in [1.807, 2.05) is 18.2 Å². The summed E-state index contributed by atoms with van der Waals surface area (Å²) >= 11 is 5.25. The number of benzene rings is 1. The molecule has 4 heteroatoms. The third kappa shape index (κ3) is 2.03. The van der Waals surface area contributed by atoms with Crippen LogP contribution in [0.15, 0.2) is 28.7 Å². The smallest absolute Gasteiger partial charge is 0.274 e. The van der Waals surface area contributed by atoms with Crippen LogP contribution in [0.2, 0.25) is 0 Å². The van der Waals surface area contributed by atoms with Crippen LogP contribution in [0.3, 0.4) is 0 Å². The van der Waals surface area contributed by atoms with E-state index in [1.165, 1.54) is 4.90 Å². The van der Waals surface area contributed by atoms with E-state index in [0.29, 0.717) is 4.84 Å². The van der Waals surface area contributed by atoms with Crippen LogP contribution in [0.5, 0.6) is 0 Å². The molecule has 0 fully saturated rings. The molecule has 0 radical (unpaired) electrons. The summed E-state index contributed by atoms with van der Waals surface area (Å²) in [7, 11) is 0. The average Bonchev–Trinajstić information content (AvgIpc) is 2.62. The zero-order valence-electron chi connectivity index (χ0n) is 9.69. The Morgan fingerprint density at radius 1 is 1.25 bits per heavy atom. The van der Waals surface area contributed by atoms with Crippen LogP contribution in [0.25, 0.3) is 11.1 Å². The normalized spacial score (nSPS) is 11.4. The third-order valence-corrected chi connectivity index (χ3v) is 3.26. The number of hydrogen-bond acceptors (Lipinski definition) is 2. The lowest BCUT2D eigenvalue weighted by Crippen LogP contribution is -3.10. The van der Waals surface area contributed by atoms with E-state index in [1.54, 1.807) is 0 Å². The fourth-order valence-corrected chi connectivity index (χ4v) is 2.11. The van der Waals surface area contributed by atoms with E-state index in [2.05, 4.69) is 24.5 Å². The van der Waals surface area contributed by atoms with Crippen molar-refractivity contribution in [1.82, 2.24) is 4.57 Å². The zero-order chi connectivity index (χ0) is 11.5. The summed E-state index contributed by atoms with van der Waals surface area (Å²) < 4.78 is 7.63. The zero-order valence-corrected chi connectivity index (χ0v) is 10.5. The van der Waals surface area contributed by atoms with Crippen molar-refractivity contribution in [3.8, 4) is 0 Å². The van der Waals surface area contributed by atoms with Crippen molar-refractivity contribution < 1.29 is 9.32 Å². The standard InChI is InChI=1S/C12H16N2OS/c1-3-13(4-2)9-14-10-7-5-6-8-11(10)15-12(14)16/h5-8H,3-4,9H2,1-2H3/p+1. The number of para-hydroxylation sites is 2. The number of aromatic nitrogens is 1. The molecule has 0 bridgehead atoms. The highest BCUT2D eigenvalue weighted by Gasteiger charge is 2.10. The summed E-state index contributed by atoms with van der Waals surface area (Å²) in [5.74, 6) is 0. The van der Waals surface area contributed by atoms with Crippen LogP contribution >= 0.6 is 12.2 Å². The van der Waals surface area contributed by atoms with E-state index in [-0.39, 0.29) is 0 Å². The topological polar surface area (TPSA) is 22.5 Å². The van der Waals surface area contributed by atoms with Crippen molar-refractivity contribution in [2.75, 3.05) is 13.1 Å². The summed E-state index contributed by atoms with van der Waals surface area (Å²) in [6, 6.07) is 7.99. The number of fused-ring (bicyclic) bond motifs is 1. The monoisotopic (exact) mass is 237 g/mol. The Bertz CT molecular complexity index is 525. The van der Waals surface area contributed by atoms with E-state index >= 15 is 0 Å². The van der Waals surface area contributed by atoms with Gasteiger partial charge in [-0.05, 0) is 38.2 Å². The molecule has 1 heterocycles. The maximum absolute atomic E-state index is 5.55. The SMILES string of the molecule is CC[NH+](CC)Cn1c(=S)oc2ccccc21. The Morgan fingerprint density at radius 3 is 2.62 bits per heavy atom. The van der Waals surface area contributed by atoms with Crippen molar-refractivity contribution in [3.63, 3.8) is 0 Å². The van der Waals surface area contributed by atoms with Gasteiger partial charge in [0.1, 0.15) is 0 Å². The molecule has 0 saturated carbocycles. The van der Waals surface area contributed by atoms with Crippen molar-refractivity contribution in [1.29, 1.82) is 0 Å². The minimum atomic E-state index is 0.570. The Morgan fingerprint density at radius 2 is 1.94 bits per heavy atom. The predicted octanol–water partition coefficient (Wildman–Crippen LogP) is 1.85. The number of quaternary nitrogens is 1. The van der Waals surface area contributed by atoms with E-state index in [9.17, 15) is 0 Å². The van der Waals surface area contributed by atoms with Crippen molar-refractivity contribution in [2.24, 2.45) is 0 Å². The number of oxazole rings is 1. The molecule has 2 aromatic rings. The predicted molar refractivity (Wildman–Crippen MR) is 67.1 cm³/mol. The molecule has 1 aromatic heterocycles. The van der Waals surface area contributed by atoms with Gasteiger partial charge >= 0.3 is 0 Å². The van der Waals surface area contributed by atoms with E-state index < -0.39 is 0 Å². The molecule has 0 aliphatic carbocycles. The van der Waals surface area contributed by atoms with Gasteiger partial charge in [-0.2, -0.15) is 0 Å². The lowest BCUT2D eigenvalue weighted by molar-refractivity contribution is -0.919. The van der Waals surface area contributed by atoms with Crippen LogP contribution in [0, 0.1) is 4.84 Å². The van der Waals surface area contributed by atoms with Crippen molar-refractivity contribution >= 4 is 23.3 Å². The van der Waals surface area contributed by atoms with Gasteiger partial charge in [0, 0.05) is 0 Å². The first-order valence-electron chi connectivity index (χ1n) is 5.68. The largest absolute Gasteiger partial charge is 0.429 e. The molecule has 0 aliphatic rings. The molecule has 86 valence electrons. The molecular formula is C12H17N2OS+. The molecular weight excluding hydrogens is 220 g/mol. The fourth-order valence-electron chi connectivity index (χ4n) is 1.86. The first-order chi connectivity index (χ1) is 7.76. The molecule has 2 rings (SSSR count). The highest BCUT2D eigenvalue weighted by Crippen LogP contribution is 2.15. The van der Waals surface area contributed by atoms with Crippen molar-refractivity contribution in [2.45, 2.75) is 20.5 Å². The second-order valence-corrected chi connectivity index (χ2v) is 4.23. The minimum Gasteiger partial charge on any atom is -0.429 e. The molecule has 3 nitrogen and oxygen atoms in total. The van der Waals surface area contributed by atoms with Crippen LogP contribution in [-0.4, -0.2) is 17.7 Å². The van der Waals surface area contributed by atoms with Gasteiger partial charge in [0.05, 0.1) is 18.6 Å². The molecule has 16 heavy (non-hydrogen) atoms. The first-order valence-corrected chi connectivity index (χ1v) is 6.09. The second-order valence-electron chi connectivity index (χ2n) is 3.88. The number of nitrogens with one attached hydrogen (secondary N) is 1.